The number of thiazole rings is 1. The van der Waals surface area contributed by atoms with E-state index in [9.17, 15) is 9.59 Å². The van der Waals surface area contributed by atoms with Crippen molar-refractivity contribution in [1.82, 2.24) is 19.9 Å². The van der Waals surface area contributed by atoms with Gasteiger partial charge in [0.15, 0.2) is 6.61 Å². The van der Waals surface area contributed by atoms with Crippen LogP contribution in [0, 0.1) is 0 Å². The van der Waals surface area contributed by atoms with Gasteiger partial charge in [-0.15, -0.1) is 10.2 Å². The van der Waals surface area contributed by atoms with Crippen LogP contribution in [-0.2, 0) is 11.2 Å². The summed E-state index contributed by atoms with van der Waals surface area (Å²) in [6.07, 6.45) is 2.61. The lowest BCUT2D eigenvalue weighted by Gasteiger charge is -2.16. The first-order valence-electron chi connectivity index (χ1n) is 11.6. The molecule has 0 unspecified atom stereocenters. The quantitative estimate of drug-likeness (QED) is 0.255. The molecule has 2 aromatic heterocycles. The minimum atomic E-state index is -0.227. The number of nitrogens with two attached hydrogens (primary N) is 1. The minimum absolute atomic E-state index is 0.0226. The maximum Gasteiger partial charge on any atom is 0.294 e. The molecule has 0 bridgehead atoms. The Labute approximate surface area is 218 Å². The van der Waals surface area contributed by atoms with Gasteiger partial charge in [0.05, 0.1) is 10.2 Å². The third-order valence-electron chi connectivity index (χ3n) is 5.08. The fourth-order valence-corrected chi connectivity index (χ4v) is 4.47. The number of hydrogen-bond donors (Lipinski definition) is 1. The van der Waals surface area contributed by atoms with Crippen LogP contribution in [0.1, 0.15) is 32.4 Å². The van der Waals surface area contributed by atoms with Gasteiger partial charge in [-0.05, 0) is 42.9 Å². The van der Waals surface area contributed by atoms with E-state index in [0.717, 1.165) is 39.2 Å². The lowest BCUT2D eigenvalue weighted by Crippen LogP contribution is -2.33. The molecule has 0 saturated heterocycles. The minimum Gasteiger partial charge on any atom is -0.460 e. The second-order valence-corrected chi connectivity index (χ2v) is 9.89. The van der Waals surface area contributed by atoms with Gasteiger partial charge in [0.2, 0.25) is 5.16 Å². The lowest BCUT2D eigenvalue weighted by atomic mass is 10.2. The van der Waals surface area contributed by atoms with Gasteiger partial charge in [0.25, 0.3) is 16.7 Å². The van der Waals surface area contributed by atoms with Gasteiger partial charge in [-0.25, -0.2) is 4.98 Å². The van der Waals surface area contributed by atoms with Crippen molar-refractivity contribution in [2.75, 3.05) is 30.1 Å². The number of carbonyl (C=O) groups excluding carboxylic acids is 1. The van der Waals surface area contributed by atoms with Gasteiger partial charge in [-0.1, -0.05) is 73.7 Å². The molecule has 0 aliphatic rings. The summed E-state index contributed by atoms with van der Waals surface area (Å²) < 4.78 is 7.65. The number of likely N-dealkylation sites (N-methyl/N-ethyl adjacent to an activating group) is 1. The van der Waals surface area contributed by atoms with E-state index in [1.54, 1.807) is 11.9 Å². The first-order valence-corrected chi connectivity index (χ1v) is 13.4. The monoisotopic (exact) mass is 526 g/mol. The van der Waals surface area contributed by atoms with Crippen molar-refractivity contribution in [2.45, 2.75) is 38.3 Å². The molecule has 0 fully saturated rings. The number of aromatic nitrogens is 4. The molecule has 36 heavy (non-hydrogen) atoms. The fourth-order valence-electron chi connectivity index (χ4n) is 3.08. The molecule has 0 aliphatic heterocycles. The van der Waals surface area contributed by atoms with Crippen molar-refractivity contribution in [3.63, 3.8) is 0 Å². The zero-order valence-corrected chi connectivity index (χ0v) is 22.2. The number of rotatable bonds is 9. The Balaban J connectivity index is 0.000000214. The van der Waals surface area contributed by atoms with E-state index >= 15 is 0 Å². The molecule has 2 N–H and O–H groups in total. The molecule has 4 rings (SSSR count). The van der Waals surface area contributed by atoms with E-state index in [0.29, 0.717) is 22.5 Å². The predicted octanol–water partition coefficient (Wildman–Crippen LogP) is 4.14. The number of ether oxygens (including phenoxy) is 1. The molecule has 0 spiro atoms. The van der Waals surface area contributed by atoms with Gasteiger partial charge in [0, 0.05) is 12.7 Å². The summed E-state index contributed by atoms with van der Waals surface area (Å²) in [4.78, 5) is 29.7. The average molecular weight is 527 g/mol. The van der Waals surface area contributed by atoms with Crippen molar-refractivity contribution < 1.29 is 9.53 Å². The number of benzene rings is 2. The van der Waals surface area contributed by atoms with Crippen molar-refractivity contribution in [2.24, 2.45) is 0 Å². The number of thioether (sulfide) groups is 1. The zero-order chi connectivity index (χ0) is 25.9. The van der Waals surface area contributed by atoms with Crippen LogP contribution in [0.25, 0.3) is 10.2 Å². The van der Waals surface area contributed by atoms with E-state index in [1.165, 1.54) is 23.1 Å². The normalized spacial score (nSPS) is 10.5. The SMILES string of the molecule is CCCCc1nnc(SCC)n(N)c1=O.CN(C(=O)COc1nc2ccccc2s1)c1ccccc1. The highest BCUT2D eigenvalue weighted by Gasteiger charge is 2.13. The number of fused-ring (bicyclic) bond motifs is 1. The summed E-state index contributed by atoms with van der Waals surface area (Å²) in [5.41, 5.74) is 1.96. The van der Waals surface area contributed by atoms with Gasteiger partial charge >= 0.3 is 0 Å². The summed E-state index contributed by atoms with van der Waals surface area (Å²) in [5, 5.41) is 8.84. The Morgan fingerprint density at radius 3 is 2.53 bits per heavy atom. The Kier molecular flexibility index (Phi) is 10.3. The maximum atomic E-state index is 12.1. The third-order valence-corrected chi connectivity index (χ3v) is 6.85. The van der Waals surface area contributed by atoms with E-state index < -0.39 is 0 Å². The molecule has 190 valence electrons. The first-order chi connectivity index (χ1) is 17.4. The maximum absolute atomic E-state index is 12.1. The van der Waals surface area contributed by atoms with Crippen LogP contribution < -0.4 is 21.0 Å². The van der Waals surface area contributed by atoms with E-state index in [2.05, 4.69) is 22.1 Å². The van der Waals surface area contributed by atoms with Crippen molar-refractivity contribution in [3.05, 3.63) is 70.6 Å². The molecule has 0 saturated carbocycles. The number of carbonyl (C=O) groups is 1. The Morgan fingerprint density at radius 2 is 1.83 bits per heavy atom. The topological polar surface area (TPSA) is 116 Å². The number of para-hydroxylation sites is 2. The number of anilines is 1. The fraction of sp³-hybridized carbons (Fsp3) is 0.320. The summed E-state index contributed by atoms with van der Waals surface area (Å²) in [7, 11) is 1.74. The van der Waals surface area contributed by atoms with Crippen LogP contribution >= 0.6 is 23.1 Å². The van der Waals surface area contributed by atoms with Crippen LogP contribution in [0.4, 0.5) is 5.69 Å². The summed E-state index contributed by atoms with van der Waals surface area (Å²) in [6, 6.07) is 17.3. The molecule has 9 nitrogen and oxygen atoms in total. The second kappa shape index (κ2) is 13.6. The number of aryl methyl sites for hydroxylation is 1. The van der Waals surface area contributed by atoms with E-state index in [4.69, 9.17) is 10.6 Å². The number of hydrogen-bond acceptors (Lipinski definition) is 9. The first kappa shape index (κ1) is 27.2. The number of nitrogen functional groups attached to an aromatic ring is 1. The molecule has 0 radical (unpaired) electrons. The van der Waals surface area contributed by atoms with Crippen LogP contribution in [0.15, 0.2) is 64.5 Å². The number of nitrogens with zero attached hydrogens (tertiary/aromatic N) is 5. The van der Waals surface area contributed by atoms with Crippen molar-refractivity contribution >= 4 is 44.9 Å². The average Bonchev–Trinajstić information content (AvgIpc) is 3.33. The highest BCUT2D eigenvalue weighted by Crippen LogP contribution is 2.27. The van der Waals surface area contributed by atoms with Gasteiger partial charge in [-0.2, -0.15) is 4.68 Å². The third kappa shape index (κ3) is 7.28. The zero-order valence-electron chi connectivity index (χ0n) is 20.6. The standard InChI is InChI=1S/C16H14N2O2S.C9H16N4OS/c1-18(12-7-3-2-4-8-12)15(19)11-20-16-17-13-9-5-6-10-14(13)21-16;1-3-5-6-7-8(14)13(10)9(12-11-7)15-4-2/h2-10H,11H2,1H3;3-6,10H2,1-2H3. The smallest absolute Gasteiger partial charge is 0.294 e. The highest BCUT2D eigenvalue weighted by atomic mass is 32.2. The van der Waals surface area contributed by atoms with Crippen molar-refractivity contribution in [3.8, 4) is 5.19 Å². The van der Waals surface area contributed by atoms with Gasteiger partial charge < -0.3 is 15.5 Å². The highest BCUT2D eigenvalue weighted by molar-refractivity contribution is 7.99. The lowest BCUT2D eigenvalue weighted by molar-refractivity contribution is -0.120. The van der Waals surface area contributed by atoms with Crippen LogP contribution in [0.5, 0.6) is 5.19 Å². The van der Waals surface area contributed by atoms with E-state index in [-0.39, 0.29) is 18.1 Å². The molecule has 2 heterocycles. The largest absolute Gasteiger partial charge is 0.460 e. The van der Waals surface area contributed by atoms with Crippen LogP contribution in [0.2, 0.25) is 0 Å². The molecular weight excluding hydrogens is 496 g/mol. The summed E-state index contributed by atoms with van der Waals surface area (Å²) >= 11 is 2.86. The predicted molar refractivity (Wildman–Crippen MR) is 146 cm³/mol. The number of unbranched alkanes of at least 4 members (excludes halogenated alkanes) is 1. The molecule has 2 aromatic carbocycles. The molecular formula is C25H30N6O3S2. The van der Waals surface area contributed by atoms with E-state index in [1.807, 2.05) is 61.5 Å². The van der Waals surface area contributed by atoms with Crippen LogP contribution in [-0.4, -0.2) is 45.2 Å². The number of amides is 1. The summed E-state index contributed by atoms with van der Waals surface area (Å²) in [5.74, 6) is 6.33. The van der Waals surface area contributed by atoms with Gasteiger partial charge in [-0.3, -0.25) is 9.59 Å². The Morgan fingerprint density at radius 1 is 1.11 bits per heavy atom. The second-order valence-electron chi connectivity index (χ2n) is 7.67. The molecule has 1 amide bonds. The summed E-state index contributed by atoms with van der Waals surface area (Å²) in [6.45, 7) is 4.02. The van der Waals surface area contributed by atoms with Gasteiger partial charge in [0.1, 0.15) is 5.69 Å². The van der Waals surface area contributed by atoms with Crippen LogP contribution in [0.3, 0.4) is 0 Å². The molecule has 0 atom stereocenters. The van der Waals surface area contributed by atoms with Crippen molar-refractivity contribution in [1.29, 1.82) is 0 Å². The molecule has 4 aromatic rings. The molecule has 11 heteroatoms. The Hall–Kier alpha value is -3.44. The Bertz CT molecular complexity index is 1290. The molecule has 0 aliphatic carbocycles.